The molecule has 0 bridgehead atoms. The van der Waals surface area contributed by atoms with Crippen molar-refractivity contribution >= 4 is 22.9 Å². The molecule has 1 aliphatic carbocycles. The van der Waals surface area contributed by atoms with Gasteiger partial charge in [0, 0.05) is 40.5 Å². The van der Waals surface area contributed by atoms with Gasteiger partial charge >= 0.3 is 0 Å². The number of nitrogens with zero attached hydrogens (tertiary/aromatic N) is 2. The lowest BCUT2D eigenvalue weighted by Crippen LogP contribution is -2.27. The second kappa shape index (κ2) is 9.98. The predicted molar refractivity (Wildman–Crippen MR) is 124 cm³/mol. The highest BCUT2D eigenvalue weighted by Gasteiger charge is 2.26. The van der Waals surface area contributed by atoms with Crippen molar-refractivity contribution in [3.8, 4) is 21.8 Å². The van der Waals surface area contributed by atoms with Crippen LogP contribution in [-0.4, -0.2) is 15.9 Å². The molecule has 1 saturated carbocycles. The van der Waals surface area contributed by atoms with E-state index >= 15 is 0 Å². The molecule has 1 aliphatic rings. The quantitative estimate of drug-likeness (QED) is 0.458. The van der Waals surface area contributed by atoms with Crippen LogP contribution < -0.4 is 5.32 Å². The average Bonchev–Trinajstić information content (AvgIpc) is 3.29. The van der Waals surface area contributed by atoms with Gasteiger partial charge < -0.3 is 5.32 Å². The number of benzene rings is 1. The molecule has 5 heteroatoms. The maximum atomic E-state index is 12.8. The predicted octanol–water partition coefficient (Wildman–Crippen LogP) is 6.81. The number of hydrogen-bond acceptors (Lipinski definition) is 4. The maximum absolute atomic E-state index is 12.8. The molecule has 1 amide bonds. The number of aromatic nitrogens is 2. The molecule has 0 saturated heterocycles. The molecule has 2 aromatic heterocycles. The highest BCUT2D eigenvalue weighted by Crippen LogP contribution is 2.33. The smallest absolute Gasteiger partial charge is 0.227 e. The Bertz CT molecular complexity index is 961. The molecule has 0 radical (unpaired) electrons. The molecule has 3 aromatic rings. The Hall–Kier alpha value is -2.53. The van der Waals surface area contributed by atoms with Gasteiger partial charge in [-0.3, -0.25) is 9.78 Å². The van der Waals surface area contributed by atoms with Gasteiger partial charge in [0.2, 0.25) is 5.91 Å². The van der Waals surface area contributed by atoms with E-state index in [4.69, 9.17) is 4.98 Å². The summed E-state index contributed by atoms with van der Waals surface area (Å²) in [6, 6.07) is 11.9. The molecule has 4 nitrogen and oxygen atoms in total. The molecule has 0 aliphatic heterocycles. The summed E-state index contributed by atoms with van der Waals surface area (Å²) < 4.78 is 0. The molecule has 0 unspecified atom stereocenters. The number of pyridine rings is 1. The van der Waals surface area contributed by atoms with Crippen molar-refractivity contribution in [3.63, 3.8) is 0 Å². The van der Waals surface area contributed by atoms with Gasteiger partial charge in [0.1, 0.15) is 5.01 Å². The Morgan fingerprint density at radius 1 is 1.10 bits per heavy atom. The van der Waals surface area contributed by atoms with E-state index in [0.717, 1.165) is 46.3 Å². The summed E-state index contributed by atoms with van der Waals surface area (Å²) >= 11 is 1.62. The van der Waals surface area contributed by atoms with Crippen molar-refractivity contribution in [2.24, 2.45) is 11.8 Å². The summed E-state index contributed by atoms with van der Waals surface area (Å²) in [6.07, 6.45) is 11.9. The third-order valence-corrected chi connectivity index (χ3v) is 6.93. The van der Waals surface area contributed by atoms with E-state index in [1.54, 1.807) is 23.7 Å². The molecular formula is C25H29N3OS. The highest BCUT2D eigenvalue weighted by molar-refractivity contribution is 7.13. The first-order chi connectivity index (χ1) is 14.7. The lowest BCUT2D eigenvalue weighted by molar-refractivity contribution is -0.121. The van der Waals surface area contributed by atoms with E-state index < -0.39 is 0 Å². The number of thiazole rings is 1. The van der Waals surface area contributed by atoms with Crippen molar-refractivity contribution in [1.82, 2.24) is 9.97 Å². The van der Waals surface area contributed by atoms with Gasteiger partial charge in [-0.15, -0.1) is 11.3 Å². The fourth-order valence-electron chi connectivity index (χ4n) is 4.24. The van der Waals surface area contributed by atoms with E-state index in [9.17, 15) is 4.79 Å². The fraction of sp³-hybridized carbons (Fsp3) is 0.400. The van der Waals surface area contributed by atoms with Gasteiger partial charge in [0.15, 0.2) is 0 Å². The molecule has 156 valence electrons. The van der Waals surface area contributed by atoms with Crippen LogP contribution in [0.3, 0.4) is 0 Å². The second-order valence-electron chi connectivity index (χ2n) is 8.20. The van der Waals surface area contributed by atoms with Gasteiger partial charge in [-0.2, -0.15) is 0 Å². The summed E-state index contributed by atoms with van der Waals surface area (Å²) in [5, 5.41) is 6.18. The van der Waals surface area contributed by atoms with E-state index in [-0.39, 0.29) is 11.8 Å². The fourth-order valence-corrected chi connectivity index (χ4v) is 5.08. The lowest BCUT2D eigenvalue weighted by atomic mass is 9.79. The zero-order valence-corrected chi connectivity index (χ0v) is 18.3. The maximum Gasteiger partial charge on any atom is 0.227 e. The molecule has 4 rings (SSSR count). The Kier molecular flexibility index (Phi) is 6.90. The van der Waals surface area contributed by atoms with Crippen molar-refractivity contribution < 1.29 is 4.79 Å². The SMILES string of the molecule is CCCCC1CCC(C(=O)Nc2cccc(-c3csc(-c4ccncc4)n3)c2)CC1. The number of nitrogens with one attached hydrogen (secondary N) is 1. The van der Waals surface area contributed by atoms with Crippen molar-refractivity contribution in [3.05, 3.63) is 54.2 Å². The van der Waals surface area contributed by atoms with Gasteiger partial charge in [-0.25, -0.2) is 4.98 Å². The van der Waals surface area contributed by atoms with Crippen LogP contribution in [0.2, 0.25) is 0 Å². The van der Waals surface area contributed by atoms with Gasteiger partial charge in [0.25, 0.3) is 0 Å². The summed E-state index contributed by atoms with van der Waals surface area (Å²) in [6.45, 7) is 2.25. The van der Waals surface area contributed by atoms with Crippen LogP contribution in [0.15, 0.2) is 54.2 Å². The molecule has 2 heterocycles. The third kappa shape index (κ3) is 5.14. The lowest BCUT2D eigenvalue weighted by Gasteiger charge is -2.27. The van der Waals surface area contributed by atoms with Crippen LogP contribution in [0.1, 0.15) is 51.9 Å². The number of carbonyl (C=O) groups is 1. The number of unbranched alkanes of at least 4 members (excludes halogenated alkanes) is 1. The van der Waals surface area contributed by atoms with Gasteiger partial charge in [-0.1, -0.05) is 38.3 Å². The van der Waals surface area contributed by atoms with Crippen molar-refractivity contribution in [2.75, 3.05) is 5.32 Å². The Labute approximate surface area is 182 Å². The molecular weight excluding hydrogens is 390 g/mol. The normalized spacial score (nSPS) is 18.8. The molecule has 0 spiro atoms. The summed E-state index contributed by atoms with van der Waals surface area (Å²) in [4.78, 5) is 21.6. The van der Waals surface area contributed by atoms with Crippen LogP contribution in [-0.2, 0) is 4.79 Å². The Balaban J connectivity index is 1.38. The zero-order chi connectivity index (χ0) is 20.8. The summed E-state index contributed by atoms with van der Waals surface area (Å²) in [7, 11) is 0. The van der Waals surface area contributed by atoms with E-state index in [1.807, 2.05) is 36.4 Å². The minimum Gasteiger partial charge on any atom is -0.326 e. The molecule has 30 heavy (non-hydrogen) atoms. The minimum atomic E-state index is 0.143. The summed E-state index contributed by atoms with van der Waals surface area (Å²) in [5.41, 5.74) is 3.87. The Morgan fingerprint density at radius 2 is 1.90 bits per heavy atom. The van der Waals surface area contributed by atoms with Crippen molar-refractivity contribution in [2.45, 2.75) is 51.9 Å². The monoisotopic (exact) mass is 419 g/mol. The first-order valence-electron chi connectivity index (χ1n) is 11.0. The largest absolute Gasteiger partial charge is 0.326 e. The molecule has 1 aromatic carbocycles. The van der Waals surface area contributed by atoms with E-state index in [2.05, 4.69) is 22.6 Å². The third-order valence-electron chi connectivity index (χ3n) is 6.04. The van der Waals surface area contributed by atoms with E-state index in [0.29, 0.717) is 0 Å². The topological polar surface area (TPSA) is 54.9 Å². The van der Waals surface area contributed by atoms with Crippen LogP contribution in [0.4, 0.5) is 5.69 Å². The first kappa shape index (κ1) is 20.7. The van der Waals surface area contributed by atoms with Crippen LogP contribution in [0.5, 0.6) is 0 Å². The minimum absolute atomic E-state index is 0.143. The number of rotatable bonds is 7. The first-order valence-corrected chi connectivity index (χ1v) is 11.9. The highest BCUT2D eigenvalue weighted by atomic mass is 32.1. The molecule has 1 N–H and O–H groups in total. The molecule has 0 atom stereocenters. The summed E-state index contributed by atoms with van der Waals surface area (Å²) in [5.74, 6) is 1.12. The number of carbonyl (C=O) groups excluding carboxylic acids is 1. The van der Waals surface area contributed by atoms with Gasteiger partial charge in [0.05, 0.1) is 5.69 Å². The second-order valence-corrected chi connectivity index (χ2v) is 9.06. The van der Waals surface area contributed by atoms with E-state index in [1.165, 1.54) is 32.1 Å². The average molecular weight is 420 g/mol. The number of hydrogen-bond donors (Lipinski definition) is 1. The van der Waals surface area contributed by atoms with Crippen LogP contribution >= 0.6 is 11.3 Å². The number of amides is 1. The van der Waals surface area contributed by atoms with Crippen LogP contribution in [0.25, 0.3) is 21.8 Å². The van der Waals surface area contributed by atoms with Crippen molar-refractivity contribution in [1.29, 1.82) is 0 Å². The number of anilines is 1. The molecule has 1 fully saturated rings. The van der Waals surface area contributed by atoms with Gasteiger partial charge in [-0.05, 0) is 55.9 Å². The van der Waals surface area contributed by atoms with Crippen LogP contribution in [0, 0.1) is 11.8 Å². The Morgan fingerprint density at radius 3 is 2.67 bits per heavy atom. The standard InChI is InChI=1S/C25H29N3OS/c1-2-3-5-18-8-10-19(11-9-18)24(29)27-22-7-4-6-21(16-22)23-17-30-25(28-23)20-12-14-26-15-13-20/h4,6-7,12-19H,2-3,5,8-11H2,1H3,(H,27,29). The zero-order valence-electron chi connectivity index (χ0n) is 17.5.